The molecule has 0 N–H and O–H groups in total. The van der Waals surface area contributed by atoms with Crippen LogP contribution in [0.3, 0.4) is 0 Å². The highest BCUT2D eigenvalue weighted by molar-refractivity contribution is 7.99. The number of thioether (sulfide) groups is 1. The molecular weight excluding hydrogens is 341 g/mol. The molecule has 3 atom stereocenters. The van der Waals surface area contributed by atoms with E-state index in [0.29, 0.717) is 6.61 Å². The average molecular weight is 364 g/mol. The molecular formula is C17H23F3O3S. The van der Waals surface area contributed by atoms with E-state index in [4.69, 9.17) is 4.74 Å². The molecule has 0 radical (unpaired) electrons. The van der Waals surface area contributed by atoms with E-state index in [1.165, 1.54) is 18.0 Å². The van der Waals surface area contributed by atoms with Crippen LogP contribution in [0.15, 0.2) is 11.8 Å². The highest BCUT2D eigenvalue weighted by atomic mass is 32.2. The number of Topliss-reactive ketones (excluding diaryl/α,β-unsaturated/α-hetero) is 2. The van der Waals surface area contributed by atoms with Crippen molar-refractivity contribution in [2.24, 2.45) is 17.8 Å². The number of hydrogen-bond donors (Lipinski definition) is 0. The van der Waals surface area contributed by atoms with Crippen LogP contribution in [-0.2, 0) is 14.3 Å². The zero-order chi connectivity index (χ0) is 17.9. The third kappa shape index (κ3) is 4.55. The van der Waals surface area contributed by atoms with Crippen LogP contribution in [0, 0.1) is 17.8 Å². The zero-order valence-corrected chi connectivity index (χ0v) is 14.7. The SMILES string of the molecule is CCO/C=C(/C(=O)C1CC1)C(=O)C1CCC(C(F)(F)F)CC1SC. The molecule has 2 aliphatic carbocycles. The lowest BCUT2D eigenvalue weighted by Crippen LogP contribution is -2.39. The second-order valence-electron chi connectivity index (χ2n) is 6.42. The molecule has 0 spiro atoms. The van der Waals surface area contributed by atoms with Crippen molar-refractivity contribution in [2.45, 2.75) is 50.5 Å². The van der Waals surface area contributed by atoms with Gasteiger partial charge in [-0.15, -0.1) is 0 Å². The van der Waals surface area contributed by atoms with Gasteiger partial charge in [0.15, 0.2) is 11.6 Å². The minimum atomic E-state index is -4.23. The second-order valence-corrected chi connectivity index (χ2v) is 7.50. The molecule has 136 valence electrons. The Hall–Kier alpha value is -0.980. The fourth-order valence-electron chi connectivity index (χ4n) is 3.16. The van der Waals surface area contributed by atoms with Gasteiger partial charge in [0.05, 0.1) is 24.4 Å². The third-order valence-electron chi connectivity index (χ3n) is 4.74. The lowest BCUT2D eigenvalue weighted by Gasteiger charge is -2.35. The fourth-order valence-corrected chi connectivity index (χ4v) is 4.17. The topological polar surface area (TPSA) is 43.4 Å². The summed E-state index contributed by atoms with van der Waals surface area (Å²) in [6, 6.07) is 0. The van der Waals surface area contributed by atoms with Crippen molar-refractivity contribution in [3.05, 3.63) is 11.8 Å². The Morgan fingerprint density at radius 2 is 1.83 bits per heavy atom. The van der Waals surface area contributed by atoms with Crippen molar-refractivity contribution in [1.29, 1.82) is 0 Å². The maximum absolute atomic E-state index is 13.0. The Morgan fingerprint density at radius 3 is 2.33 bits per heavy atom. The molecule has 0 aromatic carbocycles. The van der Waals surface area contributed by atoms with Gasteiger partial charge in [0.2, 0.25) is 0 Å². The molecule has 0 aromatic heterocycles. The first kappa shape index (κ1) is 19.3. The number of hydrogen-bond acceptors (Lipinski definition) is 4. The van der Waals surface area contributed by atoms with Gasteiger partial charge >= 0.3 is 6.18 Å². The Balaban J connectivity index is 2.15. The molecule has 0 heterocycles. The van der Waals surface area contributed by atoms with Gasteiger partial charge in [0.25, 0.3) is 0 Å². The van der Waals surface area contributed by atoms with Gasteiger partial charge < -0.3 is 4.74 Å². The van der Waals surface area contributed by atoms with Crippen molar-refractivity contribution in [2.75, 3.05) is 12.9 Å². The van der Waals surface area contributed by atoms with Crippen LogP contribution < -0.4 is 0 Å². The predicted molar refractivity (Wildman–Crippen MR) is 86.6 cm³/mol. The van der Waals surface area contributed by atoms with Crippen LogP contribution in [0.4, 0.5) is 13.2 Å². The molecule has 2 saturated carbocycles. The summed E-state index contributed by atoms with van der Waals surface area (Å²) < 4.78 is 44.1. The maximum atomic E-state index is 13.0. The summed E-state index contributed by atoms with van der Waals surface area (Å²) in [6.07, 6.45) is 0.280. The van der Waals surface area contributed by atoms with Crippen molar-refractivity contribution in [3.63, 3.8) is 0 Å². The van der Waals surface area contributed by atoms with E-state index in [1.54, 1.807) is 13.2 Å². The van der Waals surface area contributed by atoms with Gasteiger partial charge in [0.1, 0.15) is 0 Å². The second kappa shape index (κ2) is 7.93. The smallest absolute Gasteiger partial charge is 0.391 e. The first-order valence-corrected chi connectivity index (χ1v) is 9.58. The number of alkyl halides is 3. The van der Waals surface area contributed by atoms with Gasteiger partial charge in [-0.25, -0.2) is 0 Å². The van der Waals surface area contributed by atoms with Gasteiger partial charge in [-0.3, -0.25) is 9.59 Å². The first-order valence-electron chi connectivity index (χ1n) is 8.29. The Kier molecular flexibility index (Phi) is 6.39. The van der Waals surface area contributed by atoms with Crippen LogP contribution in [0.5, 0.6) is 0 Å². The van der Waals surface area contributed by atoms with E-state index in [0.717, 1.165) is 12.8 Å². The fraction of sp³-hybridized carbons (Fsp3) is 0.765. The summed E-state index contributed by atoms with van der Waals surface area (Å²) in [4.78, 5) is 25.2. The highest BCUT2D eigenvalue weighted by Crippen LogP contribution is 2.44. The molecule has 24 heavy (non-hydrogen) atoms. The zero-order valence-electron chi connectivity index (χ0n) is 13.9. The van der Waals surface area contributed by atoms with Gasteiger partial charge in [-0.2, -0.15) is 24.9 Å². The molecule has 2 fully saturated rings. The molecule has 0 saturated heterocycles. The normalized spacial score (nSPS) is 28.5. The van der Waals surface area contributed by atoms with Crippen LogP contribution in [0.2, 0.25) is 0 Å². The predicted octanol–water partition coefficient (Wildman–Crippen LogP) is 4.17. The number of halogens is 3. The molecule has 2 aliphatic rings. The molecule has 0 aromatic rings. The van der Waals surface area contributed by atoms with Crippen molar-refractivity contribution in [1.82, 2.24) is 0 Å². The first-order chi connectivity index (χ1) is 11.3. The minimum absolute atomic E-state index is 0.0360. The molecule has 0 amide bonds. The maximum Gasteiger partial charge on any atom is 0.391 e. The number of allylic oxidation sites excluding steroid dienone is 1. The monoisotopic (exact) mass is 364 g/mol. The summed E-state index contributed by atoms with van der Waals surface area (Å²) in [7, 11) is 0. The molecule has 0 aliphatic heterocycles. The molecule has 7 heteroatoms. The van der Waals surface area contributed by atoms with Crippen molar-refractivity contribution >= 4 is 23.3 Å². The number of rotatable bonds is 7. The van der Waals surface area contributed by atoms with E-state index in [1.807, 2.05) is 0 Å². The minimum Gasteiger partial charge on any atom is -0.501 e. The lowest BCUT2D eigenvalue weighted by molar-refractivity contribution is -0.183. The Bertz CT molecular complexity index is 512. The number of carbonyl (C=O) groups excluding carboxylic acids is 2. The van der Waals surface area contributed by atoms with E-state index in [2.05, 4.69) is 0 Å². The van der Waals surface area contributed by atoms with Crippen LogP contribution >= 0.6 is 11.8 Å². The summed E-state index contributed by atoms with van der Waals surface area (Å²) in [6.45, 7) is 2.08. The van der Waals surface area contributed by atoms with E-state index in [-0.39, 0.29) is 42.3 Å². The molecule has 3 unspecified atom stereocenters. The summed E-state index contributed by atoms with van der Waals surface area (Å²) in [5, 5.41) is -0.421. The third-order valence-corrected chi connectivity index (χ3v) is 5.87. The quantitative estimate of drug-likeness (QED) is 0.294. The largest absolute Gasteiger partial charge is 0.501 e. The van der Waals surface area contributed by atoms with E-state index >= 15 is 0 Å². The summed E-state index contributed by atoms with van der Waals surface area (Å²) in [5.41, 5.74) is 0.0360. The molecule has 2 rings (SSSR count). The van der Waals surface area contributed by atoms with Crippen molar-refractivity contribution in [3.8, 4) is 0 Å². The Labute approximate surface area is 144 Å². The van der Waals surface area contributed by atoms with E-state index < -0.39 is 23.3 Å². The van der Waals surface area contributed by atoms with Gasteiger partial charge in [-0.1, -0.05) is 0 Å². The molecule has 3 nitrogen and oxygen atoms in total. The number of ketones is 2. The Morgan fingerprint density at radius 1 is 1.17 bits per heavy atom. The van der Waals surface area contributed by atoms with Gasteiger partial charge in [-0.05, 0) is 45.3 Å². The van der Waals surface area contributed by atoms with Crippen molar-refractivity contribution < 1.29 is 27.5 Å². The summed E-state index contributed by atoms with van der Waals surface area (Å²) >= 11 is 1.28. The summed E-state index contributed by atoms with van der Waals surface area (Å²) in [5.74, 6) is -2.60. The number of carbonyl (C=O) groups is 2. The highest BCUT2D eigenvalue weighted by Gasteiger charge is 2.47. The standard InChI is InChI=1S/C17H23F3O3S/c1-3-23-9-13(15(21)10-4-5-10)16(22)12-7-6-11(17(18,19)20)8-14(12)24-2/h9-12,14H,3-8H2,1-2H3/b13-9-. The average Bonchev–Trinajstić information content (AvgIpc) is 3.38. The molecule has 0 bridgehead atoms. The van der Waals surface area contributed by atoms with E-state index in [9.17, 15) is 22.8 Å². The lowest BCUT2D eigenvalue weighted by atomic mass is 9.77. The van der Waals surface area contributed by atoms with Crippen LogP contribution in [-0.4, -0.2) is 35.9 Å². The number of ether oxygens (including phenoxy) is 1. The van der Waals surface area contributed by atoms with Gasteiger partial charge in [0, 0.05) is 17.1 Å². The van der Waals surface area contributed by atoms with Crippen LogP contribution in [0.1, 0.15) is 39.0 Å². The van der Waals surface area contributed by atoms with Crippen LogP contribution in [0.25, 0.3) is 0 Å².